The van der Waals surface area contributed by atoms with Gasteiger partial charge in [0.1, 0.15) is 13.2 Å². The first kappa shape index (κ1) is 67.6. The largest absolute Gasteiger partial charge is 0.462 e. The molecule has 1 unspecified atom stereocenters. The molecule has 0 saturated carbocycles. The summed E-state index contributed by atoms with van der Waals surface area (Å²) in [6, 6.07) is 0. The van der Waals surface area contributed by atoms with Gasteiger partial charge in [-0.15, -0.1) is 0 Å². The standard InChI is InChI=1S/C65H112O6/c1-4-7-10-13-16-19-22-25-28-30-32-34-37-40-43-46-49-52-55-58-64(67)70-61-62(60-69-63(66)57-54-51-48-45-42-39-36-27-24-21-18-15-12-9-6-3)71-65(68)59-56-53-50-47-44-41-38-35-33-31-29-26-23-20-17-14-11-8-5-2/h9,12,18,21,25-29,36,42,45,51,54,62H,4-8,10-11,13-17,19-20,22-24,30-35,37-41,43-44,46-50,52-53,55-61H2,1-3H3/b12-9-,21-18-,28-25-,29-26-,36-27-,45-42-,54-51-. The third-order valence-electron chi connectivity index (χ3n) is 12.9. The first-order chi connectivity index (χ1) is 35.0. The lowest BCUT2D eigenvalue weighted by molar-refractivity contribution is -0.166. The fourth-order valence-electron chi connectivity index (χ4n) is 8.39. The molecular weight excluding hydrogens is 877 g/mol. The number of esters is 3. The second kappa shape index (κ2) is 59.2. The topological polar surface area (TPSA) is 78.9 Å². The van der Waals surface area contributed by atoms with E-state index in [2.05, 4.69) is 93.7 Å². The van der Waals surface area contributed by atoms with E-state index in [1.807, 2.05) is 6.08 Å². The Morgan fingerprint density at radius 2 is 0.606 bits per heavy atom. The minimum atomic E-state index is -0.819. The quantitative estimate of drug-likeness (QED) is 0.0261. The summed E-state index contributed by atoms with van der Waals surface area (Å²) in [5.41, 5.74) is 0. The summed E-state index contributed by atoms with van der Waals surface area (Å²) in [5, 5.41) is 0. The van der Waals surface area contributed by atoms with Crippen molar-refractivity contribution in [1.29, 1.82) is 0 Å². The molecule has 0 aromatic heterocycles. The second-order valence-corrected chi connectivity index (χ2v) is 19.9. The van der Waals surface area contributed by atoms with Gasteiger partial charge in [0, 0.05) is 12.8 Å². The van der Waals surface area contributed by atoms with Crippen molar-refractivity contribution in [2.24, 2.45) is 0 Å². The first-order valence-corrected chi connectivity index (χ1v) is 30.1. The van der Waals surface area contributed by atoms with Gasteiger partial charge in [0.2, 0.25) is 0 Å². The average Bonchev–Trinajstić information content (AvgIpc) is 3.37. The molecular formula is C65H112O6. The molecule has 1 atom stereocenters. The van der Waals surface area contributed by atoms with Crippen LogP contribution in [0.4, 0.5) is 0 Å². The molecule has 0 bridgehead atoms. The van der Waals surface area contributed by atoms with Gasteiger partial charge in [-0.3, -0.25) is 14.4 Å². The lowest BCUT2D eigenvalue weighted by Gasteiger charge is -2.18. The number of carbonyl (C=O) groups excluding carboxylic acids is 3. The highest BCUT2D eigenvalue weighted by atomic mass is 16.6. The van der Waals surface area contributed by atoms with Crippen LogP contribution in [0.25, 0.3) is 0 Å². The maximum Gasteiger partial charge on any atom is 0.309 e. The molecule has 0 aromatic carbocycles. The molecule has 0 saturated heterocycles. The summed E-state index contributed by atoms with van der Waals surface area (Å²) >= 11 is 0. The second-order valence-electron chi connectivity index (χ2n) is 19.9. The zero-order valence-electron chi connectivity index (χ0n) is 46.7. The molecule has 0 spiro atoms. The van der Waals surface area contributed by atoms with E-state index in [-0.39, 0.29) is 31.6 Å². The van der Waals surface area contributed by atoms with Crippen molar-refractivity contribution >= 4 is 17.9 Å². The predicted octanol–water partition coefficient (Wildman–Crippen LogP) is 20.3. The summed E-state index contributed by atoms with van der Waals surface area (Å²) in [6.45, 7) is 6.45. The summed E-state index contributed by atoms with van der Waals surface area (Å²) in [5.74, 6) is -1.04. The number of hydrogen-bond acceptors (Lipinski definition) is 6. The van der Waals surface area contributed by atoms with Crippen LogP contribution in [0.5, 0.6) is 0 Å². The lowest BCUT2D eigenvalue weighted by Crippen LogP contribution is -2.30. The Bertz CT molecular complexity index is 1370. The fraction of sp³-hybridized carbons (Fsp3) is 0.738. The van der Waals surface area contributed by atoms with E-state index in [0.717, 1.165) is 70.6 Å². The normalized spacial score (nSPS) is 12.7. The van der Waals surface area contributed by atoms with Crippen molar-refractivity contribution in [3.8, 4) is 0 Å². The van der Waals surface area contributed by atoms with Gasteiger partial charge < -0.3 is 14.2 Å². The van der Waals surface area contributed by atoms with Crippen LogP contribution < -0.4 is 0 Å². The van der Waals surface area contributed by atoms with E-state index in [0.29, 0.717) is 12.8 Å². The van der Waals surface area contributed by atoms with Crippen LogP contribution in [0, 0.1) is 0 Å². The van der Waals surface area contributed by atoms with E-state index in [9.17, 15) is 14.4 Å². The maximum atomic E-state index is 12.9. The number of ether oxygens (including phenoxy) is 3. The molecule has 0 amide bonds. The first-order valence-electron chi connectivity index (χ1n) is 30.1. The minimum Gasteiger partial charge on any atom is -0.462 e. The van der Waals surface area contributed by atoms with E-state index in [1.54, 1.807) is 6.08 Å². The number of allylic oxidation sites excluding steroid dienone is 13. The van der Waals surface area contributed by atoms with Crippen molar-refractivity contribution in [3.63, 3.8) is 0 Å². The van der Waals surface area contributed by atoms with Crippen molar-refractivity contribution < 1.29 is 28.6 Å². The van der Waals surface area contributed by atoms with Crippen LogP contribution in [0.2, 0.25) is 0 Å². The number of rotatable bonds is 54. The monoisotopic (exact) mass is 989 g/mol. The molecule has 0 aliphatic rings. The van der Waals surface area contributed by atoms with E-state index < -0.39 is 12.1 Å². The van der Waals surface area contributed by atoms with E-state index in [1.165, 1.54) is 180 Å². The number of unbranched alkanes of at least 4 members (excludes halogenated alkanes) is 30. The van der Waals surface area contributed by atoms with Gasteiger partial charge in [0.15, 0.2) is 6.10 Å². The zero-order valence-corrected chi connectivity index (χ0v) is 46.7. The van der Waals surface area contributed by atoms with Crippen LogP contribution in [0.1, 0.15) is 290 Å². The number of hydrogen-bond donors (Lipinski definition) is 0. The molecule has 6 heteroatoms. The van der Waals surface area contributed by atoms with Crippen molar-refractivity contribution in [2.75, 3.05) is 13.2 Å². The van der Waals surface area contributed by atoms with Crippen LogP contribution in [-0.2, 0) is 28.6 Å². The molecule has 0 radical (unpaired) electrons. The van der Waals surface area contributed by atoms with Crippen LogP contribution in [0.15, 0.2) is 85.1 Å². The van der Waals surface area contributed by atoms with E-state index >= 15 is 0 Å². The number of carbonyl (C=O) groups is 3. The Balaban J connectivity index is 4.45. The Morgan fingerprint density at radius 1 is 0.310 bits per heavy atom. The van der Waals surface area contributed by atoms with E-state index in [4.69, 9.17) is 14.2 Å². The van der Waals surface area contributed by atoms with Gasteiger partial charge in [-0.05, 0) is 96.3 Å². The SMILES string of the molecule is CC/C=C\C/C=C\C/C=C\C/C=C\C/C=C\CC(=O)OCC(COC(=O)CCCCCCCCCCC/C=C\CCCCCCCC)OC(=O)CCCCCCCCCCC/C=C\CCCCCCCC. The molecule has 71 heavy (non-hydrogen) atoms. The third-order valence-corrected chi connectivity index (χ3v) is 12.9. The Hall–Kier alpha value is -3.41. The summed E-state index contributed by atoms with van der Waals surface area (Å²) in [6.07, 6.45) is 77.5. The molecule has 0 heterocycles. The average molecular weight is 990 g/mol. The van der Waals surface area contributed by atoms with Crippen LogP contribution in [-0.4, -0.2) is 37.2 Å². The summed E-state index contributed by atoms with van der Waals surface area (Å²) in [4.78, 5) is 38.2. The highest BCUT2D eigenvalue weighted by Crippen LogP contribution is 2.16. The lowest BCUT2D eigenvalue weighted by atomic mass is 10.1. The highest BCUT2D eigenvalue weighted by molar-refractivity contribution is 5.72. The van der Waals surface area contributed by atoms with Crippen molar-refractivity contribution in [1.82, 2.24) is 0 Å². The molecule has 0 N–H and O–H groups in total. The van der Waals surface area contributed by atoms with Crippen molar-refractivity contribution in [2.45, 2.75) is 297 Å². The maximum absolute atomic E-state index is 12.9. The molecule has 0 aliphatic carbocycles. The smallest absolute Gasteiger partial charge is 0.309 e. The predicted molar refractivity (Wildman–Crippen MR) is 307 cm³/mol. The Morgan fingerprint density at radius 3 is 0.972 bits per heavy atom. The van der Waals surface area contributed by atoms with Crippen LogP contribution in [0.3, 0.4) is 0 Å². The summed E-state index contributed by atoms with van der Waals surface area (Å²) in [7, 11) is 0. The minimum absolute atomic E-state index is 0.107. The molecule has 0 aliphatic heterocycles. The molecule has 6 nitrogen and oxygen atoms in total. The Kier molecular flexibility index (Phi) is 56.3. The van der Waals surface area contributed by atoms with Gasteiger partial charge in [-0.25, -0.2) is 0 Å². The van der Waals surface area contributed by atoms with Crippen LogP contribution >= 0.6 is 0 Å². The third kappa shape index (κ3) is 57.4. The summed E-state index contributed by atoms with van der Waals surface area (Å²) < 4.78 is 16.8. The molecule has 0 fully saturated rings. The zero-order chi connectivity index (χ0) is 51.4. The van der Waals surface area contributed by atoms with Gasteiger partial charge in [-0.2, -0.15) is 0 Å². The van der Waals surface area contributed by atoms with Gasteiger partial charge >= 0.3 is 17.9 Å². The van der Waals surface area contributed by atoms with Crippen molar-refractivity contribution in [3.05, 3.63) is 85.1 Å². The van der Waals surface area contributed by atoms with Gasteiger partial charge in [0.25, 0.3) is 0 Å². The Labute approximate surface area is 439 Å². The molecule has 0 aromatic rings. The van der Waals surface area contributed by atoms with Gasteiger partial charge in [0.05, 0.1) is 6.42 Å². The fourth-order valence-corrected chi connectivity index (χ4v) is 8.39. The molecule has 408 valence electrons. The molecule has 0 rings (SSSR count). The van der Waals surface area contributed by atoms with Gasteiger partial charge in [-0.1, -0.05) is 260 Å². The highest BCUT2D eigenvalue weighted by Gasteiger charge is 2.19.